The maximum absolute atomic E-state index is 13.8. The van der Waals surface area contributed by atoms with Gasteiger partial charge in [-0.2, -0.15) is 5.10 Å². The fourth-order valence-corrected chi connectivity index (χ4v) is 2.66. The second-order valence-electron chi connectivity index (χ2n) is 4.82. The van der Waals surface area contributed by atoms with Gasteiger partial charge in [0, 0.05) is 31.1 Å². The zero-order chi connectivity index (χ0) is 15.7. The van der Waals surface area contributed by atoms with Gasteiger partial charge in [-0.1, -0.05) is 0 Å². The van der Waals surface area contributed by atoms with Gasteiger partial charge in [0.2, 0.25) is 5.88 Å². The summed E-state index contributed by atoms with van der Waals surface area (Å²) in [6.45, 7) is 0.811. The van der Waals surface area contributed by atoms with Crippen molar-refractivity contribution < 1.29 is 13.9 Å². The Hall–Kier alpha value is -2.09. The molecule has 2 aromatic heterocycles. The second kappa shape index (κ2) is 5.96. The first-order valence-electron chi connectivity index (χ1n) is 6.58. The first-order chi connectivity index (χ1) is 10.6. The summed E-state index contributed by atoms with van der Waals surface area (Å²) >= 11 is 3.15. The van der Waals surface area contributed by atoms with Gasteiger partial charge in [0.05, 0.1) is 24.6 Å². The number of halogens is 2. The Morgan fingerprint density at radius 3 is 3.00 bits per heavy atom. The molecule has 6 nitrogen and oxygen atoms in total. The van der Waals surface area contributed by atoms with Crippen LogP contribution < -0.4 is 4.74 Å². The summed E-state index contributed by atoms with van der Waals surface area (Å²) in [7, 11) is 1.51. The molecule has 0 aliphatic carbocycles. The van der Waals surface area contributed by atoms with Crippen molar-refractivity contribution in [1.29, 1.82) is 0 Å². The van der Waals surface area contributed by atoms with Crippen LogP contribution in [0.15, 0.2) is 22.9 Å². The van der Waals surface area contributed by atoms with Crippen molar-refractivity contribution >= 4 is 21.8 Å². The molecule has 0 N–H and O–H groups in total. The topological polar surface area (TPSA) is 68.2 Å². The van der Waals surface area contributed by atoms with Crippen molar-refractivity contribution in [3.8, 4) is 5.88 Å². The number of carbonyl (C=O) groups excluding carboxylic acids is 1. The van der Waals surface area contributed by atoms with Crippen molar-refractivity contribution in [2.75, 3.05) is 13.7 Å². The highest BCUT2D eigenvalue weighted by atomic mass is 79.9. The molecular weight excluding hydrogens is 355 g/mol. The van der Waals surface area contributed by atoms with Crippen LogP contribution >= 0.6 is 15.9 Å². The lowest BCUT2D eigenvalue weighted by Crippen LogP contribution is -2.37. The SMILES string of the molecule is COc1cc2c(nn1)CCN(C(=O)c1cc(Br)ncc1F)C2. The Morgan fingerprint density at radius 2 is 2.23 bits per heavy atom. The van der Waals surface area contributed by atoms with E-state index >= 15 is 0 Å². The summed E-state index contributed by atoms with van der Waals surface area (Å²) in [6, 6.07) is 3.14. The van der Waals surface area contributed by atoms with E-state index in [-0.39, 0.29) is 11.5 Å². The molecule has 0 saturated heterocycles. The van der Waals surface area contributed by atoms with Crippen molar-refractivity contribution in [1.82, 2.24) is 20.1 Å². The summed E-state index contributed by atoms with van der Waals surface area (Å²) in [6.07, 6.45) is 1.61. The van der Waals surface area contributed by atoms with E-state index in [4.69, 9.17) is 4.74 Å². The predicted molar refractivity (Wildman–Crippen MR) is 78.9 cm³/mol. The molecule has 0 bridgehead atoms. The van der Waals surface area contributed by atoms with Crippen LogP contribution in [-0.2, 0) is 13.0 Å². The van der Waals surface area contributed by atoms with Crippen molar-refractivity contribution in [3.63, 3.8) is 0 Å². The Balaban J connectivity index is 1.87. The normalized spacial score (nSPS) is 13.7. The van der Waals surface area contributed by atoms with Crippen molar-refractivity contribution in [2.24, 2.45) is 0 Å². The maximum Gasteiger partial charge on any atom is 0.257 e. The highest BCUT2D eigenvalue weighted by molar-refractivity contribution is 9.10. The summed E-state index contributed by atoms with van der Waals surface area (Å²) in [5.74, 6) is -0.614. The number of hydrogen-bond donors (Lipinski definition) is 0. The Morgan fingerprint density at radius 1 is 1.41 bits per heavy atom. The highest BCUT2D eigenvalue weighted by Gasteiger charge is 2.25. The predicted octanol–water partition coefficient (Wildman–Crippen LogP) is 1.98. The Bertz CT molecular complexity index is 741. The first-order valence-corrected chi connectivity index (χ1v) is 7.37. The van der Waals surface area contributed by atoms with E-state index in [0.717, 1.165) is 17.5 Å². The lowest BCUT2D eigenvalue weighted by molar-refractivity contribution is 0.0727. The van der Waals surface area contributed by atoms with Crippen molar-refractivity contribution in [2.45, 2.75) is 13.0 Å². The molecule has 3 rings (SSSR count). The summed E-state index contributed by atoms with van der Waals surface area (Å²) in [5.41, 5.74) is 1.69. The zero-order valence-corrected chi connectivity index (χ0v) is 13.3. The van der Waals surface area contributed by atoms with Crippen LogP contribution in [0.2, 0.25) is 0 Å². The molecule has 114 valence electrons. The third-order valence-corrected chi connectivity index (χ3v) is 3.90. The zero-order valence-electron chi connectivity index (χ0n) is 11.7. The Labute approximate surface area is 134 Å². The fraction of sp³-hybridized carbons (Fsp3) is 0.286. The van der Waals surface area contributed by atoms with Crippen LogP contribution in [-0.4, -0.2) is 39.6 Å². The van der Waals surface area contributed by atoms with Gasteiger partial charge in [-0.25, -0.2) is 9.37 Å². The molecule has 0 unspecified atom stereocenters. The average Bonchev–Trinajstić information content (AvgIpc) is 2.55. The van der Waals surface area contributed by atoms with Crippen LogP contribution in [0.3, 0.4) is 0 Å². The molecule has 1 aliphatic heterocycles. The van der Waals surface area contributed by atoms with E-state index in [1.165, 1.54) is 13.2 Å². The molecule has 0 atom stereocenters. The number of methoxy groups -OCH3 is 1. The molecule has 0 aromatic carbocycles. The van der Waals surface area contributed by atoms with Gasteiger partial charge in [0.25, 0.3) is 5.91 Å². The number of hydrogen-bond acceptors (Lipinski definition) is 5. The number of amides is 1. The monoisotopic (exact) mass is 366 g/mol. The number of nitrogens with zero attached hydrogens (tertiary/aromatic N) is 4. The molecule has 1 aliphatic rings. The van der Waals surface area contributed by atoms with E-state index in [1.807, 2.05) is 0 Å². The summed E-state index contributed by atoms with van der Waals surface area (Å²) in [4.78, 5) is 17.8. The molecule has 1 amide bonds. The standard InChI is InChI=1S/C14H12BrFN4O2/c1-22-13-4-8-7-20(3-2-11(8)18-19-13)14(21)9-5-12(15)17-6-10(9)16/h4-6H,2-3,7H2,1H3. The average molecular weight is 367 g/mol. The molecule has 3 heterocycles. The van der Waals surface area contributed by atoms with E-state index in [0.29, 0.717) is 30.0 Å². The van der Waals surface area contributed by atoms with Gasteiger partial charge < -0.3 is 9.64 Å². The van der Waals surface area contributed by atoms with E-state index < -0.39 is 5.82 Å². The smallest absolute Gasteiger partial charge is 0.257 e. The molecule has 0 spiro atoms. The van der Waals surface area contributed by atoms with Crippen LogP contribution in [0, 0.1) is 5.82 Å². The minimum Gasteiger partial charge on any atom is -0.480 e. The molecule has 0 saturated carbocycles. The number of carbonyl (C=O) groups is 1. The van der Waals surface area contributed by atoms with E-state index in [1.54, 1.807) is 11.0 Å². The quantitative estimate of drug-likeness (QED) is 0.760. The molecule has 22 heavy (non-hydrogen) atoms. The summed E-state index contributed by atoms with van der Waals surface area (Å²) in [5, 5.41) is 8.00. The van der Waals surface area contributed by atoms with Gasteiger partial charge in [0.1, 0.15) is 4.60 Å². The molecular formula is C14H12BrFN4O2. The second-order valence-corrected chi connectivity index (χ2v) is 5.63. The number of rotatable bonds is 2. The van der Waals surface area contributed by atoms with Crippen LogP contribution in [0.25, 0.3) is 0 Å². The van der Waals surface area contributed by atoms with Gasteiger partial charge in [0.15, 0.2) is 5.82 Å². The molecule has 2 aromatic rings. The lowest BCUT2D eigenvalue weighted by atomic mass is 10.1. The molecule has 8 heteroatoms. The summed E-state index contributed by atoms with van der Waals surface area (Å²) < 4.78 is 19.3. The lowest BCUT2D eigenvalue weighted by Gasteiger charge is -2.28. The van der Waals surface area contributed by atoms with E-state index in [9.17, 15) is 9.18 Å². The first kappa shape index (κ1) is 14.8. The largest absolute Gasteiger partial charge is 0.480 e. The number of aromatic nitrogens is 3. The maximum atomic E-state index is 13.8. The highest BCUT2D eigenvalue weighted by Crippen LogP contribution is 2.22. The minimum atomic E-state index is -0.635. The number of ether oxygens (including phenoxy) is 1. The number of fused-ring (bicyclic) bond motifs is 1. The van der Waals surface area contributed by atoms with Gasteiger partial charge in [-0.3, -0.25) is 4.79 Å². The van der Waals surface area contributed by atoms with Gasteiger partial charge in [-0.15, -0.1) is 5.10 Å². The minimum absolute atomic E-state index is 0.000643. The van der Waals surface area contributed by atoms with E-state index in [2.05, 4.69) is 31.1 Å². The van der Waals surface area contributed by atoms with Crippen molar-refractivity contribution in [3.05, 3.63) is 45.6 Å². The molecule has 0 radical (unpaired) electrons. The number of pyridine rings is 1. The third kappa shape index (κ3) is 2.78. The Kier molecular flexibility index (Phi) is 4.02. The molecule has 0 fully saturated rings. The fourth-order valence-electron chi connectivity index (χ4n) is 2.33. The van der Waals surface area contributed by atoms with Gasteiger partial charge in [-0.05, 0) is 22.0 Å². The third-order valence-electron chi connectivity index (χ3n) is 3.47. The van der Waals surface area contributed by atoms with Crippen LogP contribution in [0.5, 0.6) is 5.88 Å². The van der Waals surface area contributed by atoms with Crippen LogP contribution in [0.1, 0.15) is 21.6 Å². The van der Waals surface area contributed by atoms with Gasteiger partial charge >= 0.3 is 0 Å². The van der Waals surface area contributed by atoms with Crippen LogP contribution in [0.4, 0.5) is 4.39 Å².